The molecule has 1 N–H and O–H groups in total. The van der Waals surface area contributed by atoms with Crippen molar-refractivity contribution in [3.05, 3.63) is 46.6 Å². The number of aromatic carboxylic acids is 1. The molecule has 0 radical (unpaired) electrons. The highest BCUT2D eigenvalue weighted by Gasteiger charge is 2.14. The lowest BCUT2D eigenvalue weighted by Crippen LogP contribution is -2.00. The van der Waals surface area contributed by atoms with Crippen molar-refractivity contribution in [3.63, 3.8) is 0 Å². The maximum absolute atomic E-state index is 11.1. The Balaban J connectivity index is 1.73. The number of carbonyl (C=O) groups is 1. The molecule has 0 unspecified atom stereocenters. The molecule has 3 aromatic rings. The number of carboxylic acid groups (broad SMARTS) is 1. The number of carboxylic acids is 1. The molecule has 0 aliphatic carbocycles. The van der Waals surface area contributed by atoms with E-state index in [2.05, 4.69) is 15.1 Å². The van der Waals surface area contributed by atoms with Crippen LogP contribution in [-0.4, -0.2) is 26.2 Å². The number of nitrogens with zero attached hydrogens (tertiary/aromatic N) is 3. The second kappa shape index (κ2) is 6.06. The standard InChI is InChI=1S/C13H9N3O3S2/c17-13(18)9-2-1-4-14-12(9)21-7-10-15-11(16-19-10)8-3-5-20-6-8/h1-6H,7H2,(H,17,18). The average molecular weight is 319 g/mol. The monoisotopic (exact) mass is 319 g/mol. The van der Waals surface area contributed by atoms with Gasteiger partial charge in [-0.05, 0) is 23.6 Å². The van der Waals surface area contributed by atoms with E-state index in [1.807, 2.05) is 16.8 Å². The van der Waals surface area contributed by atoms with Crippen LogP contribution in [-0.2, 0) is 5.75 Å². The minimum Gasteiger partial charge on any atom is -0.478 e. The number of rotatable bonds is 5. The topological polar surface area (TPSA) is 89.1 Å². The average Bonchev–Trinajstić information content (AvgIpc) is 3.16. The van der Waals surface area contributed by atoms with E-state index in [0.29, 0.717) is 22.5 Å². The normalized spacial score (nSPS) is 10.7. The van der Waals surface area contributed by atoms with Crippen LogP contribution >= 0.6 is 23.1 Å². The predicted molar refractivity (Wildman–Crippen MR) is 78.4 cm³/mol. The van der Waals surface area contributed by atoms with Crippen LogP contribution in [0, 0.1) is 0 Å². The van der Waals surface area contributed by atoms with Gasteiger partial charge in [0.25, 0.3) is 0 Å². The number of aromatic nitrogens is 3. The van der Waals surface area contributed by atoms with Gasteiger partial charge in [0.15, 0.2) is 0 Å². The Kier molecular flexibility index (Phi) is 3.98. The van der Waals surface area contributed by atoms with Gasteiger partial charge in [-0.3, -0.25) is 0 Å². The fraction of sp³-hybridized carbons (Fsp3) is 0.0769. The van der Waals surface area contributed by atoms with Gasteiger partial charge >= 0.3 is 5.97 Å². The van der Waals surface area contributed by atoms with Crippen LogP contribution in [0.15, 0.2) is 44.7 Å². The Labute approximate surface area is 127 Å². The summed E-state index contributed by atoms with van der Waals surface area (Å²) in [6, 6.07) is 5.02. The van der Waals surface area contributed by atoms with Crippen LogP contribution < -0.4 is 0 Å². The number of thiophene rings is 1. The van der Waals surface area contributed by atoms with Gasteiger partial charge in [0.05, 0.1) is 11.3 Å². The predicted octanol–water partition coefficient (Wildman–Crippen LogP) is 3.18. The summed E-state index contributed by atoms with van der Waals surface area (Å²) in [6.07, 6.45) is 1.55. The lowest BCUT2D eigenvalue weighted by atomic mass is 10.3. The van der Waals surface area contributed by atoms with Crippen LogP contribution in [0.25, 0.3) is 11.4 Å². The lowest BCUT2D eigenvalue weighted by molar-refractivity contribution is 0.0692. The van der Waals surface area contributed by atoms with Crippen LogP contribution in [0.3, 0.4) is 0 Å². The lowest BCUT2D eigenvalue weighted by Gasteiger charge is -2.01. The Morgan fingerprint density at radius 1 is 1.43 bits per heavy atom. The zero-order valence-electron chi connectivity index (χ0n) is 10.6. The first kappa shape index (κ1) is 13.8. The third kappa shape index (κ3) is 3.11. The fourth-order valence-electron chi connectivity index (χ4n) is 1.62. The Bertz CT molecular complexity index is 756. The first-order chi connectivity index (χ1) is 10.2. The SMILES string of the molecule is O=C(O)c1cccnc1SCc1nc(-c2ccsc2)no1. The molecular weight excluding hydrogens is 310 g/mol. The van der Waals surface area contributed by atoms with E-state index in [1.54, 1.807) is 23.6 Å². The minimum atomic E-state index is -1.00. The van der Waals surface area contributed by atoms with Gasteiger partial charge in [0.1, 0.15) is 5.03 Å². The van der Waals surface area contributed by atoms with E-state index >= 15 is 0 Å². The van der Waals surface area contributed by atoms with Crippen molar-refractivity contribution in [2.24, 2.45) is 0 Å². The molecule has 0 saturated carbocycles. The summed E-state index contributed by atoms with van der Waals surface area (Å²) in [5, 5.41) is 17.3. The van der Waals surface area contributed by atoms with Crippen LogP contribution in [0.2, 0.25) is 0 Å². The summed E-state index contributed by atoms with van der Waals surface area (Å²) >= 11 is 2.81. The second-order valence-electron chi connectivity index (χ2n) is 3.97. The van der Waals surface area contributed by atoms with Crippen molar-refractivity contribution < 1.29 is 14.4 Å². The highest BCUT2D eigenvalue weighted by atomic mass is 32.2. The summed E-state index contributed by atoms with van der Waals surface area (Å²) in [4.78, 5) is 19.4. The van der Waals surface area contributed by atoms with Crippen LogP contribution in [0.5, 0.6) is 0 Å². The molecule has 0 saturated heterocycles. The van der Waals surface area contributed by atoms with Crippen molar-refractivity contribution >= 4 is 29.1 Å². The number of hydrogen-bond donors (Lipinski definition) is 1. The maximum Gasteiger partial charge on any atom is 0.338 e. The van der Waals surface area contributed by atoms with Gasteiger partial charge in [-0.1, -0.05) is 16.9 Å². The van der Waals surface area contributed by atoms with Crippen molar-refractivity contribution in [3.8, 4) is 11.4 Å². The summed E-state index contributed by atoms with van der Waals surface area (Å²) in [6.45, 7) is 0. The summed E-state index contributed by atoms with van der Waals surface area (Å²) in [5.41, 5.74) is 1.07. The van der Waals surface area contributed by atoms with Crippen molar-refractivity contribution in [2.45, 2.75) is 10.8 Å². The molecule has 0 aromatic carbocycles. The molecule has 0 amide bonds. The van der Waals surface area contributed by atoms with Crippen molar-refractivity contribution in [1.82, 2.24) is 15.1 Å². The second-order valence-corrected chi connectivity index (χ2v) is 5.72. The number of thioether (sulfide) groups is 1. The zero-order chi connectivity index (χ0) is 14.7. The largest absolute Gasteiger partial charge is 0.478 e. The number of hydrogen-bond acceptors (Lipinski definition) is 7. The quantitative estimate of drug-likeness (QED) is 0.722. The molecule has 8 heteroatoms. The van der Waals surface area contributed by atoms with E-state index in [-0.39, 0.29) is 5.56 Å². The van der Waals surface area contributed by atoms with E-state index in [4.69, 9.17) is 9.63 Å². The molecule has 3 aromatic heterocycles. The van der Waals surface area contributed by atoms with E-state index in [1.165, 1.54) is 17.8 Å². The third-order valence-electron chi connectivity index (χ3n) is 2.58. The Morgan fingerprint density at radius 2 is 2.33 bits per heavy atom. The summed E-state index contributed by atoms with van der Waals surface area (Å²) < 4.78 is 5.16. The molecule has 21 heavy (non-hydrogen) atoms. The van der Waals surface area contributed by atoms with E-state index < -0.39 is 5.97 Å². The van der Waals surface area contributed by atoms with E-state index in [9.17, 15) is 4.79 Å². The maximum atomic E-state index is 11.1. The highest BCUT2D eigenvalue weighted by molar-refractivity contribution is 7.98. The molecule has 0 atom stereocenters. The third-order valence-corrected chi connectivity index (χ3v) is 4.25. The molecular formula is C13H9N3O3S2. The van der Waals surface area contributed by atoms with Gasteiger partial charge in [0.2, 0.25) is 11.7 Å². The first-order valence-electron chi connectivity index (χ1n) is 5.90. The van der Waals surface area contributed by atoms with E-state index in [0.717, 1.165) is 5.56 Å². The molecule has 106 valence electrons. The Morgan fingerprint density at radius 3 is 3.10 bits per heavy atom. The summed E-state index contributed by atoms with van der Waals surface area (Å²) in [7, 11) is 0. The van der Waals surface area contributed by atoms with Gasteiger partial charge in [-0.2, -0.15) is 16.3 Å². The van der Waals surface area contributed by atoms with Gasteiger partial charge in [-0.15, -0.1) is 0 Å². The van der Waals surface area contributed by atoms with Crippen LogP contribution in [0.1, 0.15) is 16.2 Å². The van der Waals surface area contributed by atoms with Crippen LogP contribution in [0.4, 0.5) is 0 Å². The van der Waals surface area contributed by atoms with Crippen molar-refractivity contribution in [2.75, 3.05) is 0 Å². The summed E-state index contributed by atoms with van der Waals surface area (Å²) in [5.74, 6) is 0.332. The van der Waals surface area contributed by atoms with Gasteiger partial charge in [0, 0.05) is 17.1 Å². The molecule has 3 rings (SSSR count). The zero-order valence-corrected chi connectivity index (χ0v) is 12.2. The molecule has 0 bridgehead atoms. The first-order valence-corrected chi connectivity index (χ1v) is 7.83. The van der Waals surface area contributed by atoms with Gasteiger partial charge < -0.3 is 9.63 Å². The van der Waals surface area contributed by atoms with Gasteiger partial charge in [-0.25, -0.2) is 9.78 Å². The molecule has 0 aliphatic heterocycles. The smallest absolute Gasteiger partial charge is 0.338 e. The molecule has 3 heterocycles. The molecule has 0 fully saturated rings. The number of pyridine rings is 1. The minimum absolute atomic E-state index is 0.167. The fourth-order valence-corrected chi connectivity index (χ4v) is 3.08. The Hall–Kier alpha value is -2.19. The molecule has 6 nitrogen and oxygen atoms in total. The van der Waals surface area contributed by atoms with Crippen molar-refractivity contribution in [1.29, 1.82) is 0 Å². The highest BCUT2D eigenvalue weighted by Crippen LogP contribution is 2.25. The molecule has 0 aliphatic rings. The molecule has 0 spiro atoms.